The molecule has 0 aromatic heterocycles. The third kappa shape index (κ3) is 51.7. The quantitative estimate of drug-likeness (QED) is 0.0346. The van der Waals surface area contributed by atoms with Crippen LogP contribution in [0.4, 0.5) is 0 Å². The minimum atomic E-state index is -0.560. The molecule has 0 radical (unpaired) electrons. The van der Waals surface area contributed by atoms with Gasteiger partial charge in [-0.3, -0.25) is 9.59 Å². The Labute approximate surface area is 397 Å². The van der Waals surface area contributed by atoms with E-state index in [1.54, 1.807) is 0 Å². The number of unbranched alkanes of at least 4 members (excludes halogenated alkanes) is 24. The van der Waals surface area contributed by atoms with Crippen molar-refractivity contribution in [2.45, 2.75) is 258 Å². The summed E-state index contributed by atoms with van der Waals surface area (Å²) >= 11 is 0. The van der Waals surface area contributed by atoms with E-state index in [0.29, 0.717) is 19.4 Å². The van der Waals surface area contributed by atoms with E-state index in [0.717, 1.165) is 103 Å². The zero-order valence-corrected chi connectivity index (χ0v) is 42.3. The zero-order chi connectivity index (χ0) is 46.3. The second kappa shape index (κ2) is 54.4. The molecule has 0 aliphatic heterocycles. The first kappa shape index (κ1) is 61.1. The Morgan fingerprint density at radius 2 is 0.703 bits per heavy atom. The van der Waals surface area contributed by atoms with Crippen molar-refractivity contribution in [3.63, 3.8) is 0 Å². The van der Waals surface area contributed by atoms with Crippen LogP contribution in [0.15, 0.2) is 85.1 Å². The van der Waals surface area contributed by atoms with E-state index in [9.17, 15) is 9.59 Å². The summed E-state index contributed by atoms with van der Waals surface area (Å²) in [5.74, 6) is -0.426. The van der Waals surface area contributed by atoms with E-state index in [1.165, 1.54) is 116 Å². The lowest BCUT2D eigenvalue weighted by atomic mass is 10.0. The topological polar surface area (TPSA) is 61.8 Å². The highest BCUT2D eigenvalue weighted by Crippen LogP contribution is 2.15. The highest BCUT2D eigenvalue weighted by Gasteiger charge is 2.17. The first-order chi connectivity index (χ1) is 31.6. The molecule has 0 N–H and O–H groups in total. The van der Waals surface area contributed by atoms with Crippen molar-refractivity contribution in [3.8, 4) is 0 Å². The molecule has 0 aromatic rings. The third-order valence-corrected chi connectivity index (χ3v) is 11.4. The van der Waals surface area contributed by atoms with Gasteiger partial charge in [0.1, 0.15) is 6.61 Å². The Hall–Kier alpha value is -2.92. The van der Waals surface area contributed by atoms with Gasteiger partial charge in [0.25, 0.3) is 0 Å². The molecular weight excluding hydrogens is 789 g/mol. The van der Waals surface area contributed by atoms with E-state index in [1.807, 2.05) is 0 Å². The molecule has 1 atom stereocenters. The summed E-state index contributed by atoms with van der Waals surface area (Å²) in [6.45, 7) is 7.62. The maximum Gasteiger partial charge on any atom is 0.306 e. The van der Waals surface area contributed by atoms with Crippen LogP contribution in [0.5, 0.6) is 0 Å². The van der Waals surface area contributed by atoms with Gasteiger partial charge in [-0.05, 0) is 96.3 Å². The van der Waals surface area contributed by atoms with Gasteiger partial charge in [0, 0.05) is 19.4 Å². The number of carbonyl (C=O) groups excluding carboxylic acids is 2. The van der Waals surface area contributed by atoms with E-state index in [2.05, 4.69) is 106 Å². The summed E-state index contributed by atoms with van der Waals surface area (Å²) < 4.78 is 17.4. The van der Waals surface area contributed by atoms with Crippen molar-refractivity contribution >= 4 is 11.9 Å². The Morgan fingerprint density at radius 3 is 1.16 bits per heavy atom. The first-order valence-corrected chi connectivity index (χ1v) is 27.1. The van der Waals surface area contributed by atoms with Crippen LogP contribution in [0.2, 0.25) is 0 Å². The second-order valence-corrected chi connectivity index (χ2v) is 17.8. The molecule has 0 aliphatic rings. The van der Waals surface area contributed by atoms with Gasteiger partial charge in [-0.25, -0.2) is 0 Å². The summed E-state index contributed by atoms with van der Waals surface area (Å²) in [6.07, 6.45) is 71.6. The maximum atomic E-state index is 12.8. The molecule has 0 saturated heterocycles. The largest absolute Gasteiger partial charge is 0.462 e. The number of hydrogen-bond acceptors (Lipinski definition) is 5. The molecule has 0 bridgehead atoms. The van der Waals surface area contributed by atoms with Crippen molar-refractivity contribution in [2.75, 3.05) is 19.8 Å². The zero-order valence-electron chi connectivity index (χ0n) is 42.3. The number of carbonyl (C=O) groups is 2. The molecule has 1 unspecified atom stereocenters. The average molecular weight is 891 g/mol. The molecule has 0 heterocycles. The summed E-state index contributed by atoms with van der Waals surface area (Å²) in [4.78, 5) is 25.4. The van der Waals surface area contributed by atoms with Gasteiger partial charge in [0.2, 0.25) is 0 Å². The van der Waals surface area contributed by atoms with Crippen LogP contribution in [0.25, 0.3) is 0 Å². The van der Waals surface area contributed by atoms with Crippen LogP contribution in [-0.2, 0) is 23.8 Å². The van der Waals surface area contributed by atoms with Gasteiger partial charge in [-0.15, -0.1) is 0 Å². The average Bonchev–Trinajstić information content (AvgIpc) is 3.30. The minimum absolute atomic E-state index is 0.0640. The molecule has 368 valence electrons. The predicted octanol–water partition coefficient (Wildman–Crippen LogP) is 18.5. The van der Waals surface area contributed by atoms with E-state index in [-0.39, 0.29) is 25.2 Å². The molecule has 5 heteroatoms. The van der Waals surface area contributed by atoms with Gasteiger partial charge in [-0.2, -0.15) is 0 Å². The Bertz CT molecular complexity index is 1190. The molecule has 0 saturated carbocycles. The molecule has 64 heavy (non-hydrogen) atoms. The number of rotatable bonds is 49. The second-order valence-electron chi connectivity index (χ2n) is 17.8. The van der Waals surface area contributed by atoms with Crippen LogP contribution in [0.1, 0.15) is 252 Å². The molecule has 0 aliphatic carbocycles. The number of allylic oxidation sites excluding steroid dienone is 14. The fourth-order valence-corrected chi connectivity index (χ4v) is 7.39. The molecule has 0 rings (SSSR count). The maximum absolute atomic E-state index is 12.8. The lowest BCUT2D eigenvalue weighted by molar-refractivity contribution is -0.163. The van der Waals surface area contributed by atoms with Crippen molar-refractivity contribution in [1.82, 2.24) is 0 Å². The van der Waals surface area contributed by atoms with E-state index in [4.69, 9.17) is 14.2 Å². The number of hydrogen-bond donors (Lipinski definition) is 0. The lowest BCUT2D eigenvalue weighted by Crippen LogP contribution is -2.30. The van der Waals surface area contributed by atoms with E-state index >= 15 is 0 Å². The molecule has 5 nitrogen and oxygen atoms in total. The monoisotopic (exact) mass is 891 g/mol. The highest BCUT2D eigenvalue weighted by atomic mass is 16.6. The molecule has 0 spiro atoms. The van der Waals surface area contributed by atoms with Crippen molar-refractivity contribution in [1.29, 1.82) is 0 Å². The molecular formula is C59H102O5. The standard InChI is InChI=1S/C59H102O5/c1-4-7-10-13-16-19-22-25-27-29-30-31-32-35-37-40-43-46-49-52-58(60)63-56-57(64-59(61)53-50-47-44-41-38-34-24-21-18-15-12-9-6-3)55-62-54-51-48-45-42-39-36-33-28-26-23-20-17-14-11-8-5-2/h8,11,16-17,19-20,25-28,30-31,36,39,57H,4-7,9-10,12-15,18,21-24,29,32-35,37-38,40-56H2,1-3H3/b11-8-,19-16-,20-17-,27-25-,28-26-,31-30-,39-36-. The van der Waals surface area contributed by atoms with Gasteiger partial charge in [-0.1, -0.05) is 228 Å². The molecule has 0 amide bonds. The first-order valence-electron chi connectivity index (χ1n) is 27.1. The SMILES string of the molecule is CC/C=C\C/C=C\C/C=C\C/C=C\CCCCCOCC(COC(=O)CCCCCCCC/C=C\C/C=C\C/C=C\CCCCC)OC(=O)CCCCCCCCCCCCCCC. The Morgan fingerprint density at radius 1 is 0.359 bits per heavy atom. The third-order valence-electron chi connectivity index (χ3n) is 11.4. The van der Waals surface area contributed by atoms with Gasteiger partial charge < -0.3 is 14.2 Å². The lowest BCUT2D eigenvalue weighted by Gasteiger charge is -2.18. The van der Waals surface area contributed by atoms with Crippen molar-refractivity contribution in [3.05, 3.63) is 85.1 Å². The number of esters is 2. The fraction of sp³-hybridized carbons (Fsp3) is 0.729. The Balaban J connectivity index is 4.33. The van der Waals surface area contributed by atoms with E-state index < -0.39 is 6.10 Å². The van der Waals surface area contributed by atoms with Crippen molar-refractivity contribution in [2.24, 2.45) is 0 Å². The van der Waals surface area contributed by atoms with Crippen molar-refractivity contribution < 1.29 is 23.8 Å². The van der Waals surface area contributed by atoms with Crippen LogP contribution < -0.4 is 0 Å². The molecule has 0 aromatic carbocycles. The highest BCUT2D eigenvalue weighted by molar-refractivity contribution is 5.70. The molecule has 0 fully saturated rings. The minimum Gasteiger partial charge on any atom is -0.462 e. The van der Waals surface area contributed by atoms with Crippen LogP contribution in [-0.4, -0.2) is 37.9 Å². The van der Waals surface area contributed by atoms with Crippen LogP contribution in [0, 0.1) is 0 Å². The van der Waals surface area contributed by atoms with Crippen LogP contribution >= 0.6 is 0 Å². The van der Waals surface area contributed by atoms with Gasteiger partial charge >= 0.3 is 11.9 Å². The summed E-state index contributed by atoms with van der Waals surface area (Å²) in [5, 5.41) is 0. The predicted molar refractivity (Wildman–Crippen MR) is 279 cm³/mol. The smallest absolute Gasteiger partial charge is 0.306 e. The fourth-order valence-electron chi connectivity index (χ4n) is 7.39. The van der Waals surface area contributed by atoms with Crippen LogP contribution in [0.3, 0.4) is 0 Å². The Kier molecular flexibility index (Phi) is 51.9. The summed E-state index contributed by atoms with van der Waals surface area (Å²) in [5.41, 5.74) is 0. The summed E-state index contributed by atoms with van der Waals surface area (Å²) in [7, 11) is 0. The van der Waals surface area contributed by atoms with Gasteiger partial charge in [0.05, 0.1) is 6.61 Å². The summed E-state index contributed by atoms with van der Waals surface area (Å²) in [6, 6.07) is 0. The van der Waals surface area contributed by atoms with Gasteiger partial charge in [0.15, 0.2) is 6.10 Å². The normalized spacial score (nSPS) is 12.9. The number of ether oxygens (including phenoxy) is 3.